The van der Waals surface area contributed by atoms with Crippen LogP contribution in [0, 0.1) is 0 Å². The van der Waals surface area contributed by atoms with Crippen LogP contribution < -0.4 is 9.64 Å². The summed E-state index contributed by atoms with van der Waals surface area (Å²) >= 11 is 0. The Bertz CT molecular complexity index is 663. The maximum absolute atomic E-state index is 9.33. The summed E-state index contributed by atoms with van der Waals surface area (Å²) in [5.74, 6) is 0.879. The molecule has 1 aliphatic heterocycles. The predicted molar refractivity (Wildman–Crippen MR) is 96.4 cm³/mol. The lowest BCUT2D eigenvalue weighted by Gasteiger charge is -2.36. The number of nitrogens with zero attached hydrogens (tertiary/aromatic N) is 3. The van der Waals surface area contributed by atoms with E-state index in [0.29, 0.717) is 12.3 Å². The fourth-order valence-corrected chi connectivity index (χ4v) is 2.98. The molecule has 2 aromatic carbocycles. The highest BCUT2D eigenvalue weighted by Gasteiger charge is 2.19. The summed E-state index contributed by atoms with van der Waals surface area (Å²) in [6.45, 7) is 4.46. The fourth-order valence-electron chi connectivity index (χ4n) is 2.98. The van der Waals surface area contributed by atoms with Crippen molar-refractivity contribution in [2.75, 3.05) is 44.7 Å². The van der Waals surface area contributed by atoms with Gasteiger partial charge in [-0.25, -0.2) is 0 Å². The van der Waals surface area contributed by atoms with E-state index in [4.69, 9.17) is 4.74 Å². The van der Waals surface area contributed by atoms with Gasteiger partial charge in [0.05, 0.1) is 7.11 Å². The molecule has 5 heteroatoms. The molecule has 5 nitrogen and oxygen atoms in total. The van der Waals surface area contributed by atoms with Gasteiger partial charge in [0.2, 0.25) is 0 Å². The Morgan fingerprint density at radius 1 is 1.00 bits per heavy atom. The third-order valence-corrected chi connectivity index (χ3v) is 4.41. The number of piperazine rings is 1. The minimum absolute atomic E-state index is 0.664. The van der Waals surface area contributed by atoms with Crippen molar-refractivity contribution in [2.45, 2.75) is 0 Å². The van der Waals surface area contributed by atoms with Crippen LogP contribution in [0.2, 0.25) is 0 Å². The zero-order valence-electron chi connectivity index (χ0n) is 13.9. The van der Waals surface area contributed by atoms with E-state index in [9.17, 15) is 5.21 Å². The molecule has 0 aromatic heterocycles. The number of anilines is 1. The van der Waals surface area contributed by atoms with Gasteiger partial charge in [-0.15, -0.1) is 0 Å². The number of ether oxygens (including phenoxy) is 1. The van der Waals surface area contributed by atoms with Gasteiger partial charge in [-0.05, 0) is 24.3 Å². The Morgan fingerprint density at radius 3 is 2.25 bits per heavy atom. The summed E-state index contributed by atoms with van der Waals surface area (Å²) < 4.78 is 5.21. The monoisotopic (exact) mass is 325 g/mol. The largest absolute Gasteiger partial charge is 0.497 e. The third-order valence-electron chi connectivity index (χ3n) is 4.41. The molecular formula is C19H23N3O2. The van der Waals surface area contributed by atoms with Crippen molar-refractivity contribution in [2.24, 2.45) is 5.16 Å². The van der Waals surface area contributed by atoms with E-state index in [2.05, 4.69) is 27.1 Å². The van der Waals surface area contributed by atoms with Crippen molar-refractivity contribution in [3.8, 4) is 5.75 Å². The lowest BCUT2D eigenvalue weighted by Crippen LogP contribution is -2.48. The molecule has 0 aliphatic carbocycles. The molecule has 126 valence electrons. The highest BCUT2D eigenvalue weighted by Crippen LogP contribution is 2.20. The molecule has 0 unspecified atom stereocenters. The second kappa shape index (κ2) is 7.84. The van der Waals surface area contributed by atoms with Crippen LogP contribution in [0.4, 0.5) is 5.69 Å². The number of methoxy groups -OCH3 is 1. The second-order valence-electron chi connectivity index (χ2n) is 5.87. The first-order chi connectivity index (χ1) is 11.8. The van der Waals surface area contributed by atoms with Crippen LogP contribution in [0.25, 0.3) is 0 Å². The number of benzene rings is 2. The van der Waals surface area contributed by atoms with Crippen LogP contribution in [0.5, 0.6) is 5.75 Å². The summed E-state index contributed by atoms with van der Waals surface area (Å²) in [6.07, 6.45) is 0. The quantitative estimate of drug-likeness (QED) is 0.522. The summed E-state index contributed by atoms with van der Waals surface area (Å²) in [5.41, 5.74) is 2.90. The van der Waals surface area contributed by atoms with Crippen LogP contribution in [0.15, 0.2) is 59.8 Å². The van der Waals surface area contributed by atoms with Gasteiger partial charge in [0, 0.05) is 44.0 Å². The lowest BCUT2D eigenvalue weighted by molar-refractivity contribution is 0.280. The van der Waals surface area contributed by atoms with E-state index in [1.54, 1.807) is 7.11 Å². The lowest BCUT2D eigenvalue weighted by atomic mass is 10.1. The smallest absolute Gasteiger partial charge is 0.119 e. The van der Waals surface area contributed by atoms with Gasteiger partial charge in [0.15, 0.2) is 0 Å². The minimum atomic E-state index is 0.664. The van der Waals surface area contributed by atoms with Gasteiger partial charge in [0.1, 0.15) is 11.5 Å². The first-order valence-electron chi connectivity index (χ1n) is 8.18. The third kappa shape index (κ3) is 3.86. The maximum Gasteiger partial charge on any atom is 0.119 e. The highest BCUT2D eigenvalue weighted by atomic mass is 16.5. The first-order valence-corrected chi connectivity index (χ1v) is 8.18. The molecule has 0 spiro atoms. The number of oxime groups is 1. The minimum Gasteiger partial charge on any atom is -0.497 e. The van der Waals surface area contributed by atoms with E-state index < -0.39 is 0 Å². The molecule has 1 saturated heterocycles. The van der Waals surface area contributed by atoms with Crippen LogP contribution in [-0.2, 0) is 0 Å². The maximum atomic E-state index is 9.33. The Balaban J connectivity index is 1.56. The van der Waals surface area contributed by atoms with Gasteiger partial charge < -0.3 is 14.8 Å². The van der Waals surface area contributed by atoms with Crippen LogP contribution in [-0.4, -0.2) is 55.7 Å². The van der Waals surface area contributed by atoms with E-state index in [1.165, 1.54) is 5.69 Å². The highest BCUT2D eigenvalue weighted by molar-refractivity contribution is 6.01. The normalized spacial score (nSPS) is 16.2. The second-order valence-corrected chi connectivity index (χ2v) is 5.87. The molecule has 1 N–H and O–H groups in total. The predicted octanol–water partition coefficient (Wildman–Crippen LogP) is 2.70. The molecule has 2 aromatic rings. The molecule has 1 aliphatic rings. The molecule has 0 atom stereocenters. The zero-order chi connectivity index (χ0) is 16.8. The van der Waals surface area contributed by atoms with Gasteiger partial charge in [0.25, 0.3) is 0 Å². The van der Waals surface area contributed by atoms with Crippen LogP contribution >= 0.6 is 0 Å². The summed E-state index contributed by atoms with van der Waals surface area (Å²) in [6, 6.07) is 18.0. The van der Waals surface area contributed by atoms with Crippen LogP contribution in [0.1, 0.15) is 5.56 Å². The van der Waals surface area contributed by atoms with Crippen molar-refractivity contribution in [1.29, 1.82) is 0 Å². The zero-order valence-corrected chi connectivity index (χ0v) is 13.9. The van der Waals surface area contributed by atoms with E-state index in [-0.39, 0.29) is 0 Å². The summed E-state index contributed by atoms with van der Waals surface area (Å²) in [5, 5.41) is 12.8. The fraction of sp³-hybridized carbons (Fsp3) is 0.316. The molecular weight excluding hydrogens is 302 g/mol. The van der Waals surface area contributed by atoms with E-state index in [0.717, 1.165) is 37.5 Å². The Morgan fingerprint density at radius 2 is 1.67 bits per heavy atom. The number of hydrogen-bond acceptors (Lipinski definition) is 5. The number of hydrogen-bond donors (Lipinski definition) is 1. The molecule has 0 bridgehead atoms. The molecule has 0 radical (unpaired) electrons. The molecule has 1 fully saturated rings. The molecule has 1 heterocycles. The molecule has 3 rings (SSSR count). The van der Waals surface area contributed by atoms with Crippen LogP contribution in [0.3, 0.4) is 0 Å². The van der Waals surface area contributed by atoms with E-state index in [1.807, 2.05) is 42.5 Å². The van der Waals surface area contributed by atoms with Gasteiger partial charge in [-0.2, -0.15) is 0 Å². The molecule has 24 heavy (non-hydrogen) atoms. The van der Waals surface area contributed by atoms with E-state index >= 15 is 0 Å². The van der Waals surface area contributed by atoms with Gasteiger partial charge in [-0.1, -0.05) is 35.5 Å². The summed E-state index contributed by atoms with van der Waals surface area (Å²) in [7, 11) is 1.68. The standard InChI is InChI=1S/C19H23N3O2/c1-24-18-9-7-17(8-10-18)22-13-11-21(12-14-22)15-19(20-23)16-5-3-2-4-6-16/h2-10,23H,11-15H2,1H3/b20-19-. The topological polar surface area (TPSA) is 48.3 Å². The van der Waals surface area contributed by atoms with Crippen molar-refractivity contribution in [1.82, 2.24) is 4.90 Å². The summed E-state index contributed by atoms with van der Waals surface area (Å²) in [4.78, 5) is 4.69. The molecule has 0 saturated carbocycles. The Kier molecular flexibility index (Phi) is 5.33. The SMILES string of the molecule is COc1ccc(N2CCN(C/C(=N/O)c3ccccc3)CC2)cc1. The van der Waals surface area contributed by atoms with Crippen molar-refractivity contribution >= 4 is 11.4 Å². The van der Waals surface area contributed by atoms with Crippen molar-refractivity contribution < 1.29 is 9.94 Å². The van der Waals surface area contributed by atoms with Gasteiger partial charge >= 0.3 is 0 Å². The molecule has 0 amide bonds. The first kappa shape index (κ1) is 16.3. The van der Waals surface area contributed by atoms with Crippen molar-refractivity contribution in [3.63, 3.8) is 0 Å². The van der Waals surface area contributed by atoms with Gasteiger partial charge in [-0.3, -0.25) is 4.90 Å². The average molecular weight is 325 g/mol. The Hall–Kier alpha value is -2.53. The Labute approximate surface area is 142 Å². The number of rotatable bonds is 5. The van der Waals surface area contributed by atoms with Crippen molar-refractivity contribution in [3.05, 3.63) is 60.2 Å². The average Bonchev–Trinajstić information content (AvgIpc) is 2.67.